The molecule has 0 aromatic heterocycles. The first-order valence-electron chi connectivity index (χ1n) is 13.4. The number of benzene rings is 2. The molecule has 0 radical (unpaired) electrons. The van der Waals surface area contributed by atoms with Crippen molar-refractivity contribution < 1.29 is 51.6 Å². The number of esters is 1. The van der Waals surface area contributed by atoms with Crippen molar-refractivity contribution in [2.24, 2.45) is 5.41 Å². The number of halogens is 10. The molecule has 0 bridgehead atoms. The first-order valence-corrected chi connectivity index (χ1v) is 16.7. The van der Waals surface area contributed by atoms with Gasteiger partial charge in [0.25, 0.3) is 9.58 Å². The maximum Gasteiger partial charge on any atom is 0.451 e. The molecule has 0 aliphatic heterocycles. The Labute approximate surface area is 318 Å². The van der Waals surface area contributed by atoms with Crippen LogP contribution >= 0.6 is 85.5 Å². The van der Waals surface area contributed by atoms with E-state index >= 15 is 0 Å². The smallest absolute Gasteiger partial charge is 0.451 e. The number of nitrogens with zero attached hydrogens (tertiary/aromatic N) is 1. The number of carbonyl (C=O) groups is 6. The third kappa shape index (κ3) is 7.67. The van der Waals surface area contributed by atoms with Crippen LogP contribution in [-0.2, 0) is 46.5 Å². The van der Waals surface area contributed by atoms with E-state index in [4.69, 9.17) is 74.3 Å². The van der Waals surface area contributed by atoms with E-state index in [0.717, 1.165) is 0 Å². The molecule has 0 heterocycles. The van der Waals surface area contributed by atoms with Crippen LogP contribution < -0.4 is 0 Å². The van der Waals surface area contributed by atoms with Gasteiger partial charge in [-0.15, -0.1) is 11.6 Å². The van der Waals surface area contributed by atoms with Gasteiger partial charge < -0.3 is 4.74 Å². The summed E-state index contributed by atoms with van der Waals surface area (Å²) in [5.41, 5.74) is -11.9. The molecule has 1 aliphatic rings. The molecule has 3 rings (SSSR count). The Kier molecular flexibility index (Phi) is 13.1. The molecule has 0 fully saturated rings. The summed E-state index contributed by atoms with van der Waals surface area (Å²) >= 11 is 37.0. The van der Waals surface area contributed by atoms with E-state index < -0.39 is 106 Å². The number of carbonyl (C=O) groups excluding carboxylic acids is 6. The quantitative estimate of drug-likeness (QED) is 0.0531. The fraction of sp³-hybridized carbons (Fsp3) is 0.267. The molecular weight excluding hydrogens is 868 g/mol. The minimum absolute atomic E-state index is 0.158. The van der Waals surface area contributed by atoms with Crippen LogP contribution in [0.15, 0.2) is 83.0 Å². The van der Waals surface area contributed by atoms with Crippen molar-refractivity contribution in [2.75, 3.05) is 5.88 Å². The number of hydrogen-bond donors (Lipinski definition) is 0. The minimum Gasteiger partial charge on any atom is -0.457 e. The Balaban J connectivity index is 2.79. The Bertz CT molecular complexity index is 1830. The number of rotatable bonds is 13. The van der Waals surface area contributed by atoms with Gasteiger partial charge in [-0.25, -0.2) is 4.79 Å². The van der Waals surface area contributed by atoms with Crippen LogP contribution in [0, 0.1) is 15.5 Å². The monoisotopic (exact) mass is 881 g/mol. The van der Waals surface area contributed by atoms with Gasteiger partial charge in [0.2, 0.25) is 11.2 Å². The van der Waals surface area contributed by atoms with Gasteiger partial charge in [0.05, 0.1) is 11.5 Å². The lowest BCUT2D eigenvalue weighted by Gasteiger charge is -2.44. The Morgan fingerprint density at radius 3 is 1.78 bits per heavy atom. The van der Waals surface area contributed by atoms with Crippen molar-refractivity contribution in [3.05, 3.63) is 104 Å². The average Bonchev–Trinajstić information content (AvgIpc) is 3.05. The van der Waals surface area contributed by atoms with Crippen molar-refractivity contribution in [3.63, 3.8) is 0 Å². The van der Waals surface area contributed by atoms with Crippen molar-refractivity contribution in [2.45, 2.75) is 32.3 Å². The zero-order valence-electron chi connectivity index (χ0n) is 24.4. The number of nitro groups is 1. The molecule has 50 heavy (non-hydrogen) atoms. The number of ether oxygens (including phenoxy) is 1. The normalized spacial score (nSPS) is 19.7. The van der Waals surface area contributed by atoms with Gasteiger partial charge in [-0.3, -0.25) is 34.1 Å². The molecule has 2 aromatic carbocycles. The summed E-state index contributed by atoms with van der Waals surface area (Å²) in [4.78, 5) is 92.9. The van der Waals surface area contributed by atoms with Gasteiger partial charge in [0, 0.05) is 38.4 Å². The molecule has 0 saturated carbocycles. The summed E-state index contributed by atoms with van der Waals surface area (Å²) in [6.07, 6.45) is -7.58. The van der Waals surface area contributed by atoms with Gasteiger partial charge in [-0.05, 0) is 11.1 Å². The maximum absolute atomic E-state index is 14.9. The Morgan fingerprint density at radius 1 is 0.860 bits per heavy atom. The van der Waals surface area contributed by atoms with Crippen LogP contribution in [-0.4, -0.2) is 64.9 Å². The molecule has 1 aliphatic carbocycles. The highest BCUT2D eigenvalue weighted by atomic mass is 79.9. The molecule has 266 valence electrons. The van der Waals surface area contributed by atoms with Crippen LogP contribution in [0.25, 0.3) is 0 Å². The van der Waals surface area contributed by atoms with E-state index in [1.807, 2.05) is 0 Å². The molecule has 2 unspecified atom stereocenters. The Morgan fingerprint density at radius 2 is 1.36 bits per heavy atom. The molecule has 0 saturated heterocycles. The molecule has 10 nitrogen and oxygen atoms in total. The second-order valence-corrected chi connectivity index (χ2v) is 14.9. The minimum atomic E-state index is -6.28. The zero-order valence-corrected chi connectivity index (χ0v) is 30.5. The summed E-state index contributed by atoms with van der Waals surface area (Å²) in [5, 5.41) is 13.3. The van der Waals surface area contributed by atoms with E-state index in [-0.39, 0.29) is 11.1 Å². The first kappa shape index (κ1) is 41.6. The van der Waals surface area contributed by atoms with Gasteiger partial charge in [0.1, 0.15) is 12.2 Å². The first-order chi connectivity index (χ1) is 23.1. The molecule has 0 spiro atoms. The lowest BCUT2D eigenvalue weighted by Crippen LogP contribution is -2.68. The number of hydrogen-bond acceptors (Lipinski definition) is 9. The predicted molar refractivity (Wildman–Crippen MR) is 179 cm³/mol. The van der Waals surface area contributed by atoms with Crippen LogP contribution in [0.2, 0.25) is 0 Å². The van der Waals surface area contributed by atoms with Crippen LogP contribution in [0.3, 0.4) is 0 Å². The fourth-order valence-electron chi connectivity index (χ4n) is 5.18. The van der Waals surface area contributed by atoms with Crippen molar-refractivity contribution in [1.29, 1.82) is 0 Å². The van der Waals surface area contributed by atoms with E-state index in [2.05, 4.69) is 15.9 Å². The second kappa shape index (κ2) is 15.8. The lowest BCUT2D eigenvalue weighted by atomic mass is 9.57. The van der Waals surface area contributed by atoms with Crippen LogP contribution in [0.4, 0.5) is 13.2 Å². The molecule has 0 amide bonds. The molecule has 2 atom stereocenters. The largest absolute Gasteiger partial charge is 0.457 e. The SMILES string of the molecule is O=C(CCl)C1=C(C(=O)OCc2ccccc2)C(C(=O)Cc2ccccc2)(C(=O)C(F)(F)F)C(Br)([N+](=O)[O-])C(C(=O)C(Cl)(Cl)Cl)=C1C(=O)C(Cl)Cl. The fourth-order valence-corrected chi connectivity index (χ4v) is 6.80. The van der Waals surface area contributed by atoms with Crippen molar-refractivity contribution >= 4 is 120 Å². The highest BCUT2D eigenvalue weighted by Crippen LogP contribution is 2.61. The highest BCUT2D eigenvalue weighted by molar-refractivity contribution is 9.10. The van der Waals surface area contributed by atoms with Crippen molar-refractivity contribution in [3.8, 4) is 0 Å². The second-order valence-electron chi connectivity index (χ2n) is 10.2. The number of ketones is 5. The summed E-state index contributed by atoms with van der Waals surface area (Å²) in [6, 6.07) is 13.6. The lowest BCUT2D eigenvalue weighted by molar-refractivity contribution is -0.535. The molecule has 20 heteroatoms. The predicted octanol–water partition coefficient (Wildman–Crippen LogP) is 6.75. The summed E-state index contributed by atoms with van der Waals surface area (Å²) < 4.78 is 42.1. The van der Waals surface area contributed by atoms with Gasteiger partial charge in [-0.2, -0.15) is 13.2 Å². The third-order valence-electron chi connectivity index (χ3n) is 7.17. The summed E-state index contributed by atoms with van der Waals surface area (Å²) in [7, 11) is 0. The molecular formula is C30H17BrCl6F3NO9. The number of allylic oxidation sites excluding steroid dienone is 2. The number of Topliss-reactive ketones (excluding diaryl/α,β-unsaturated/α-hetero) is 5. The third-order valence-corrected chi connectivity index (χ3v) is 9.61. The average molecular weight is 885 g/mol. The standard InChI is InChI=1S/C30H17BrCl6F3NO9/c31-28(41(48)49)20(23(45)29(35,36)37)19(22(44)24(33)34)18(16(42)12-32)21(25(46)50-13-15-9-5-2-6-10-15)27(28,26(47)30(38,39)40)17(43)11-14-7-3-1-4-8-14/h1-10,24H,11-13H2. The van der Waals surface area contributed by atoms with E-state index in [1.165, 1.54) is 54.6 Å². The van der Waals surface area contributed by atoms with E-state index in [1.54, 1.807) is 6.07 Å². The zero-order chi connectivity index (χ0) is 38.0. The highest BCUT2D eigenvalue weighted by Gasteiger charge is 2.81. The Hall–Kier alpha value is -2.85. The maximum atomic E-state index is 14.9. The topological polar surface area (TPSA) is 155 Å². The van der Waals surface area contributed by atoms with E-state index in [0.29, 0.717) is 0 Å². The summed E-state index contributed by atoms with van der Waals surface area (Å²) in [5.74, 6) is -14.7. The molecule has 0 N–H and O–H groups in total. The van der Waals surface area contributed by atoms with Crippen LogP contribution in [0.5, 0.6) is 0 Å². The van der Waals surface area contributed by atoms with Gasteiger partial charge >= 0.3 is 16.6 Å². The van der Waals surface area contributed by atoms with E-state index in [9.17, 15) is 52.1 Å². The van der Waals surface area contributed by atoms with Gasteiger partial charge in [0.15, 0.2) is 22.2 Å². The number of alkyl halides is 10. The van der Waals surface area contributed by atoms with Gasteiger partial charge in [-0.1, -0.05) is 119 Å². The summed E-state index contributed by atoms with van der Waals surface area (Å²) in [6.45, 7) is -0.830. The van der Waals surface area contributed by atoms with Crippen LogP contribution in [0.1, 0.15) is 11.1 Å². The van der Waals surface area contributed by atoms with Crippen molar-refractivity contribution in [1.82, 2.24) is 0 Å². The molecule has 2 aromatic rings.